The van der Waals surface area contributed by atoms with Gasteiger partial charge in [0, 0.05) is 26.2 Å². The minimum atomic E-state index is -0.568. The van der Waals surface area contributed by atoms with Crippen LogP contribution in [0, 0.1) is 12.7 Å². The van der Waals surface area contributed by atoms with Crippen molar-refractivity contribution in [2.75, 3.05) is 55.7 Å². The van der Waals surface area contributed by atoms with Gasteiger partial charge in [0.1, 0.15) is 11.9 Å². The molecule has 11 heteroatoms. The standard InChI is InChI=1S/C25H25FN4O5S/c1-17-2-4-18(5-3-17)24(32)34-15-23(31)29-10-8-28(9-11-29)22-7-6-19(12-21(22)26)30-14-20(13-27-16-36)35-25(30)33/h2-7,12,20H,8-11,13-15H2,1H3/t20-/m0/s1. The molecule has 2 aromatic rings. The summed E-state index contributed by atoms with van der Waals surface area (Å²) in [6.45, 7) is 3.57. The molecule has 2 aliphatic rings. The van der Waals surface area contributed by atoms with E-state index in [-0.39, 0.29) is 25.6 Å². The maximum absolute atomic E-state index is 15.0. The van der Waals surface area contributed by atoms with Crippen molar-refractivity contribution < 1.29 is 28.2 Å². The molecule has 1 atom stereocenters. The first-order chi connectivity index (χ1) is 17.4. The summed E-state index contributed by atoms with van der Waals surface area (Å²) in [7, 11) is 0. The van der Waals surface area contributed by atoms with Crippen LogP contribution >= 0.6 is 12.2 Å². The van der Waals surface area contributed by atoms with E-state index in [1.54, 1.807) is 41.3 Å². The van der Waals surface area contributed by atoms with Gasteiger partial charge in [-0.05, 0) is 49.5 Å². The van der Waals surface area contributed by atoms with Crippen molar-refractivity contribution in [2.24, 2.45) is 4.99 Å². The third-order valence-corrected chi connectivity index (χ3v) is 6.19. The zero-order chi connectivity index (χ0) is 25.7. The number of thiocarbonyl (C=S) groups is 1. The number of piperazine rings is 1. The van der Waals surface area contributed by atoms with Gasteiger partial charge in [0.2, 0.25) is 0 Å². The largest absolute Gasteiger partial charge is 0.452 e. The molecule has 4 rings (SSSR count). The lowest BCUT2D eigenvalue weighted by atomic mass is 10.1. The van der Waals surface area contributed by atoms with Gasteiger partial charge >= 0.3 is 12.1 Å². The van der Waals surface area contributed by atoms with Gasteiger partial charge in [0.05, 0.1) is 35.2 Å². The Morgan fingerprint density at radius 3 is 2.56 bits per heavy atom. The van der Waals surface area contributed by atoms with Gasteiger partial charge in [0.25, 0.3) is 5.91 Å². The van der Waals surface area contributed by atoms with Crippen LogP contribution < -0.4 is 9.80 Å². The Balaban J connectivity index is 1.29. The molecular weight excluding hydrogens is 487 g/mol. The van der Waals surface area contributed by atoms with Crippen molar-refractivity contribution in [2.45, 2.75) is 13.0 Å². The lowest BCUT2D eigenvalue weighted by molar-refractivity contribution is -0.134. The van der Waals surface area contributed by atoms with Gasteiger partial charge in [0.15, 0.2) is 6.61 Å². The molecule has 2 aromatic carbocycles. The average Bonchev–Trinajstić information content (AvgIpc) is 3.26. The van der Waals surface area contributed by atoms with Crippen molar-refractivity contribution in [3.63, 3.8) is 0 Å². The summed E-state index contributed by atoms with van der Waals surface area (Å²) in [4.78, 5) is 45.4. The van der Waals surface area contributed by atoms with Gasteiger partial charge in [-0.1, -0.05) is 17.7 Å². The van der Waals surface area contributed by atoms with E-state index in [9.17, 15) is 18.8 Å². The number of amides is 2. The van der Waals surface area contributed by atoms with Gasteiger partial charge in [-0.2, -0.15) is 0 Å². The Bertz CT molecular complexity index is 1190. The number of isothiocyanates is 1. The maximum Gasteiger partial charge on any atom is 0.414 e. The van der Waals surface area contributed by atoms with Crippen molar-refractivity contribution in [1.82, 2.24) is 4.90 Å². The lowest BCUT2D eigenvalue weighted by Gasteiger charge is -2.36. The highest BCUT2D eigenvalue weighted by molar-refractivity contribution is 7.78. The van der Waals surface area contributed by atoms with Gasteiger partial charge in [-0.3, -0.25) is 9.69 Å². The molecule has 0 unspecified atom stereocenters. The number of hydrogen-bond donors (Lipinski definition) is 0. The monoisotopic (exact) mass is 512 g/mol. The number of carbonyl (C=O) groups excluding carboxylic acids is 3. The molecule has 0 spiro atoms. The van der Waals surface area contributed by atoms with Crippen LogP contribution in [0.5, 0.6) is 0 Å². The van der Waals surface area contributed by atoms with E-state index in [2.05, 4.69) is 22.4 Å². The topological polar surface area (TPSA) is 91.8 Å². The summed E-state index contributed by atoms with van der Waals surface area (Å²) in [5, 5.41) is 2.23. The van der Waals surface area contributed by atoms with E-state index in [4.69, 9.17) is 9.47 Å². The number of benzene rings is 2. The number of ether oxygens (including phenoxy) is 2. The van der Waals surface area contributed by atoms with Gasteiger partial charge in [-0.15, -0.1) is 0 Å². The van der Waals surface area contributed by atoms with Crippen LogP contribution in [0.2, 0.25) is 0 Å². The fraction of sp³-hybridized carbons (Fsp3) is 0.360. The second-order valence-corrected chi connectivity index (χ2v) is 8.68. The first-order valence-corrected chi connectivity index (χ1v) is 11.8. The van der Waals surface area contributed by atoms with E-state index in [1.807, 2.05) is 11.8 Å². The number of rotatable bonds is 7. The molecule has 0 aromatic heterocycles. The first-order valence-electron chi connectivity index (χ1n) is 11.4. The van der Waals surface area contributed by atoms with Crippen LogP contribution in [0.3, 0.4) is 0 Å². The van der Waals surface area contributed by atoms with Crippen LogP contribution in [-0.2, 0) is 14.3 Å². The van der Waals surface area contributed by atoms with E-state index in [1.165, 1.54) is 11.0 Å². The van der Waals surface area contributed by atoms with Crippen molar-refractivity contribution in [3.8, 4) is 0 Å². The molecule has 0 aliphatic carbocycles. The number of aliphatic imine (C=N–C) groups is 1. The maximum atomic E-state index is 15.0. The zero-order valence-electron chi connectivity index (χ0n) is 19.7. The Labute approximate surface area is 213 Å². The Morgan fingerprint density at radius 1 is 1.17 bits per heavy atom. The molecule has 0 N–H and O–H groups in total. The number of aryl methyl sites for hydroxylation is 1. The van der Waals surface area contributed by atoms with Gasteiger partial charge < -0.3 is 19.3 Å². The highest BCUT2D eigenvalue weighted by atomic mass is 32.1. The van der Waals surface area contributed by atoms with E-state index in [0.29, 0.717) is 43.1 Å². The molecule has 0 saturated carbocycles. The predicted molar refractivity (Wildman–Crippen MR) is 134 cm³/mol. The molecule has 2 fully saturated rings. The number of carbonyl (C=O) groups is 3. The van der Waals surface area contributed by atoms with Crippen LogP contribution in [-0.4, -0.2) is 80.0 Å². The molecule has 0 bridgehead atoms. The Morgan fingerprint density at radius 2 is 1.89 bits per heavy atom. The SMILES string of the molecule is Cc1ccc(C(=O)OCC(=O)N2CCN(c3ccc(N4C[C@H](CN=C=S)OC4=O)cc3F)CC2)cc1. The van der Waals surface area contributed by atoms with E-state index >= 15 is 0 Å². The van der Waals surface area contributed by atoms with Crippen LogP contribution in [0.25, 0.3) is 0 Å². The normalized spacial score (nSPS) is 17.4. The second-order valence-electron chi connectivity index (χ2n) is 8.49. The van der Waals surface area contributed by atoms with Crippen LogP contribution in [0.1, 0.15) is 15.9 Å². The molecule has 2 aliphatic heterocycles. The molecule has 9 nitrogen and oxygen atoms in total. The van der Waals surface area contributed by atoms with Crippen molar-refractivity contribution >= 4 is 46.7 Å². The highest BCUT2D eigenvalue weighted by Crippen LogP contribution is 2.28. The quantitative estimate of drug-likeness (QED) is 0.320. The van der Waals surface area contributed by atoms with E-state index in [0.717, 1.165) is 5.56 Å². The summed E-state index contributed by atoms with van der Waals surface area (Å²) in [5.74, 6) is -1.33. The molecule has 0 radical (unpaired) electrons. The van der Waals surface area contributed by atoms with Crippen molar-refractivity contribution in [1.29, 1.82) is 0 Å². The molecule has 188 valence electrons. The number of halogens is 1. The molecule has 36 heavy (non-hydrogen) atoms. The summed E-state index contributed by atoms with van der Waals surface area (Å²) < 4.78 is 25.3. The minimum absolute atomic E-state index is 0.209. The number of esters is 1. The number of anilines is 2. The van der Waals surface area contributed by atoms with Gasteiger partial charge in [-0.25, -0.2) is 19.0 Å². The van der Waals surface area contributed by atoms with E-state index < -0.39 is 24.0 Å². The number of hydrogen-bond acceptors (Lipinski definition) is 8. The fourth-order valence-corrected chi connectivity index (χ4v) is 4.15. The first kappa shape index (κ1) is 25.3. The number of nitrogens with zero attached hydrogens (tertiary/aromatic N) is 4. The predicted octanol–water partition coefficient (Wildman–Crippen LogP) is 3.07. The fourth-order valence-electron chi connectivity index (χ4n) is 4.08. The Kier molecular flexibility index (Phi) is 7.92. The molecule has 2 saturated heterocycles. The Hall–Kier alpha value is -3.82. The molecule has 2 amide bonds. The van der Waals surface area contributed by atoms with Crippen LogP contribution in [0.15, 0.2) is 47.5 Å². The molecule has 2 heterocycles. The summed E-state index contributed by atoms with van der Waals surface area (Å²) in [5.41, 5.74) is 2.18. The molecular formula is C25H25FN4O5S. The second kappa shape index (κ2) is 11.3. The van der Waals surface area contributed by atoms with Crippen LogP contribution in [0.4, 0.5) is 20.6 Å². The van der Waals surface area contributed by atoms with Crippen molar-refractivity contribution in [3.05, 3.63) is 59.4 Å². The average molecular weight is 513 g/mol. The smallest absolute Gasteiger partial charge is 0.414 e. The zero-order valence-corrected chi connectivity index (χ0v) is 20.5. The third-order valence-electron chi connectivity index (χ3n) is 6.06. The number of cyclic esters (lactones) is 1. The lowest BCUT2D eigenvalue weighted by Crippen LogP contribution is -2.50. The summed E-state index contributed by atoms with van der Waals surface area (Å²) in [6, 6.07) is 11.5. The highest BCUT2D eigenvalue weighted by Gasteiger charge is 2.33. The summed E-state index contributed by atoms with van der Waals surface area (Å²) in [6.07, 6.45) is -1.03. The summed E-state index contributed by atoms with van der Waals surface area (Å²) >= 11 is 4.53. The third kappa shape index (κ3) is 5.87. The minimum Gasteiger partial charge on any atom is -0.452 e.